The smallest absolute Gasteiger partial charge is 0.257 e. The first-order valence-corrected chi connectivity index (χ1v) is 9.69. The van der Waals surface area contributed by atoms with Gasteiger partial charge in [-0.2, -0.15) is 0 Å². The second-order valence-corrected chi connectivity index (χ2v) is 7.57. The zero-order valence-electron chi connectivity index (χ0n) is 16.0. The first kappa shape index (κ1) is 19.8. The Bertz CT molecular complexity index is 1060. The molecule has 0 unspecified atom stereocenters. The van der Waals surface area contributed by atoms with Crippen molar-refractivity contribution in [2.75, 3.05) is 10.6 Å². The third-order valence-electron chi connectivity index (χ3n) is 4.62. The zero-order chi connectivity index (χ0) is 20.3. The second-order valence-electron chi connectivity index (χ2n) is 6.72. The van der Waals surface area contributed by atoms with Crippen molar-refractivity contribution >= 4 is 39.1 Å². The summed E-state index contributed by atoms with van der Waals surface area (Å²) in [5, 5.41) is 5.74. The van der Waals surface area contributed by atoms with Crippen molar-refractivity contribution in [2.24, 2.45) is 0 Å². The molecule has 142 valence electrons. The van der Waals surface area contributed by atoms with Crippen LogP contribution in [0.15, 0.2) is 65.1 Å². The molecule has 2 amide bonds. The van der Waals surface area contributed by atoms with Gasteiger partial charge in [0.1, 0.15) is 0 Å². The van der Waals surface area contributed by atoms with Crippen LogP contribution in [0.3, 0.4) is 0 Å². The third-order valence-corrected chi connectivity index (χ3v) is 5.47. The summed E-state index contributed by atoms with van der Waals surface area (Å²) in [6.07, 6.45) is 0. The normalized spacial score (nSPS) is 10.4. The van der Waals surface area contributed by atoms with Crippen LogP contribution in [0.5, 0.6) is 0 Å². The molecule has 0 aliphatic heterocycles. The molecule has 0 spiro atoms. The molecule has 2 N–H and O–H groups in total. The maximum Gasteiger partial charge on any atom is 0.257 e. The maximum atomic E-state index is 12.8. The lowest BCUT2D eigenvalue weighted by Crippen LogP contribution is -2.18. The molecular weight excluding hydrogens is 416 g/mol. The van der Waals surface area contributed by atoms with Gasteiger partial charge in [-0.3, -0.25) is 9.59 Å². The van der Waals surface area contributed by atoms with E-state index in [0.717, 1.165) is 26.9 Å². The Kier molecular flexibility index (Phi) is 5.95. The van der Waals surface area contributed by atoms with Crippen molar-refractivity contribution < 1.29 is 9.59 Å². The molecule has 0 fully saturated rings. The molecule has 4 nitrogen and oxygen atoms in total. The molecule has 3 rings (SSSR count). The van der Waals surface area contributed by atoms with Gasteiger partial charge >= 0.3 is 0 Å². The average molecular weight is 437 g/mol. The van der Waals surface area contributed by atoms with Gasteiger partial charge in [-0.05, 0) is 73.9 Å². The maximum absolute atomic E-state index is 12.8. The van der Waals surface area contributed by atoms with Gasteiger partial charge in [0.05, 0.1) is 11.3 Å². The molecule has 0 aromatic heterocycles. The van der Waals surface area contributed by atoms with Crippen molar-refractivity contribution in [3.63, 3.8) is 0 Å². The van der Waals surface area contributed by atoms with Gasteiger partial charge in [0.2, 0.25) is 0 Å². The van der Waals surface area contributed by atoms with E-state index in [1.165, 1.54) is 0 Å². The second kappa shape index (κ2) is 8.40. The van der Waals surface area contributed by atoms with Crippen LogP contribution in [0.1, 0.15) is 37.4 Å². The van der Waals surface area contributed by atoms with Crippen molar-refractivity contribution in [1.29, 1.82) is 0 Å². The SMILES string of the molecule is Cc1ccc(NC(=O)c2ccccc2NC(=O)c2ccc(C)c(Br)c2)cc1C. The van der Waals surface area contributed by atoms with Gasteiger partial charge < -0.3 is 10.6 Å². The number of rotatable bonds is 4. The summed E-state index contributed by atoms with van der Waals surface area (Å²) in [5.41, 5.74) is 5.41. The highest BCUT2D eigenvalue weighted by Gasteiger charge is 2.15. The fourth-order valence-corrected chi connectivity index (χ4v) is 3.12. The van der Waals surface area contributed by atoms with Crippen LogP contribution in [0, 0.1) is 20.8 Å². The molecule has 0 aliphatic carbocycles. The number of carbonyl (C=O) groups is 2. The zero-order valence-corrected chi connectivity index (χ0v) is 17.6. The Balaban J connectivity index is 1.82. The van der Waals surface area contributed by atoms with Gasteiger partial charge in [-0.25, -0.2) is 0 Å². The molecule has 0 saturated heterocycles. The Morgan fingerprint density at radius 1 is 0.750 bits per heavy atom. The van der Waals surface area contributed by atoms with E-state index >= 15 is 0 Å². The van der Waals surface area contributed by atoms with Gasteiger partial charge in [0, 0.05) is 15.7 Å². The lowest BCUT2D eigenvalue weighted by Gasteiger charge is -2.13. The lowest BCUT2D eigenvalue weighted by atomic mass is 10.1. The molecule has 28 heavy (non-hydrogen) atoms. The van der Waals surface area contributed by atoms with E-state index in [2.05, 4.69) is 26.6 Å². The highest BCUT2D eigenvalue weighted by atomic mass is 79.9. The lowest BCUT2D eigenvalue weighted by molar-refractivity contribution is 0.102. The Morgan fingerprint density at radius 2 is 1.46 bits per heavy atom. The number of carbonyl (C=O) groups excluding carboxylic acids is 2. The van der Waals surface area contributed by atoms with E-state index in [1.807, 2.05) is 45.0 Å². The van der Waals surface area contributed by atoms with E-state index in [4.69, 9.17) is 0 Å². The number of nitrogens with one attached hydrogen (secondary N) is 2. The Labute approximate surface area is 173 Å². The topological polar surface area (TPSA) is 58.2 Å². The molecule has 0 bridgehead atoms. The van der Waals surface area contributed by atoms with Gasteiger partial charge in [-0.15, -0.1) is 0 Å². The van der Waals surface area contributed by atoms with Crippen molar-refractivity contribution in [1.82, 2.24) is 0 Å². The number of hydrogen-bond acceptors (Lipinski definition) is 2. The largest absolute Gasteiger partial charge is 0.322 e. The summed E-state index contributed by atoms with van der Waals surface area (Å²) < 4.78 is 0.862. The molecule has 0 aliphatic rings. The van der Waals surface area contributed by atoms with Gasteiger partial charge in [-0.1, -0.05) is 40.2 Å². The summed E-state index contributed by atoms with van der Waals surface area (Å²) in [5.74, 6) is -0.545. The predicted octanol–water partition coefficient (Wildman–Crippen LogP) is 5.88. The number of amides is 2. The minimum atomic E-state index is -0.274. The summed E-state index contributed by atoms with van der Waals surface area (Å²) in [7, 11) is 0. The first-order chi connectivity index (χ1) is 13.3. The summed E-state index contributed by atoms with van der Waals surface area (Å²) in [6, 6.07) is 18.1. The van der Waals surface area contributed by atoms with Crippen LogP contribution in [-0.2, 0) is 0 Å². The predicted molar refractivity (Wildman–Crippen MR) is 117 cm³/mol. The number of para-hydroxylation sites is 1. The summed E-state index contributed by atoms with van der Waals surface area (Å²) in [4.78, 5) is 25.4. The molecule has 5 heteroatoms. The van der Waals surface area contributed by atoms with E-state index in [0.29, 0.717) is 16.8 Å². The highest BCUT2D eigenvalue weighted by molar-refractivity contribution is 9.10. The molecule has 3 aromatic rings. The molecule has 3 aromatic carbocycles. The van der Waals surface area contributed by atoms with E-state index in [9.17, 15) is 9.59 Å². The standard InChI is InChI=1S/C23H21BrN2O2/c1-14-9-11-18(12-16(14)3)25-23(28)19-6-4-5-7-21(19)26-22(27)17-10-8-15(2)20(24)13-17/h4-13H,1-3H3,(H,25,28)(H,26,27). The van der Waals surface area contributed by atoms with Crippen molar-refractivity contribution in [3.8, 4) is 0 Å². The summed E-state index contributed by atoms with van der Waals surface area (Å²) >= 11 is 3.44. The van der Waals surface area contributed by atoms with Crippen LogP contribution in [0.25, 0.3) is 0 Å². The molecule has 0 atom stereocenters. The fraction of sp³-hybridized carbons (Fsp3) is 0.130. The van der Waals surface area contributed by atoms with Crippen molar-refractivity contribution in [2.45, 2.75) is 20.8 Å². The van der Waals surface area contributed by atoms with Gasteiger partial charge in [0.15, 0.2) is 0 Å². The number of benzene rings is 3. The average Bonchev–Trinajstić information content (AvgIpc) is 2.67. The number of anilines is 2. The van der Waals surface area contributed by atoms with E-state index in [-0.39, 0.29) is 11.8 Å². The highest BCUT2D eigenvalue weighted by Crippen LogP contribution is 2.22. The Hall–Kier alpha value is -2.92. The summed E-state index contributed by atoms with van der Waals surface area (Å²) in [6.45, 7) is 5.98. The first-order valence-electron chi connectivity index (χ1n) is 8.90. The van der Waals surface area contributed by atoms with Crippen LogP contribution in [0.2, 0.25) is 0 Å². The number of aryl methyl sites for hydroxylation is 3. The number of hydrogen-bond donors (Lipinski definition) is 2. The number of halogens is 1. The monoisotopic (exact) mass is 436 g/mol. The van der Waals surface area contributed by atoms with Crippen LogP contribution < -0.4 is 10.6 Å². The fourth-order valence-electron chi connectivity index (χ4n) is 2.74. The Morgan fingerprint density at radius 3 is 2.18 bits per heavy atom. The van der Waals surface area contributed by atoms with E-state index < -0.39 is 0 Å². The molecule has 0 radical (unpaired) electrons. The minimum absolute atomic E-state index is 0.271. The molecule has 0 saturated carbocycles. The van der Waals surface area contributed by atoms with Crippen molar-refractivity contribution in [3.05, 3.63) is 93.0 Å². The molecule has 0 heterocycles. The molecular formula is C23H21BrN2O2. The van der Waals surface area contributed by atoms with E-state index in [1.54, 1.807) is 36.4 Å². The van der Waals surface area contributed by atoms with Crippen LogP contribution in [0.4, 0.5) is 11.4 Å². The quantitative estimate of drug-likeness (QED) is 0.536. The van der Waals surface area contributed by atoms with Gasteiger partial charge in [0.25, 0.3) is 11.8 Å². The minimum Gasteiger partial charge on any atom is -0.322 e. The third kappa shape index (κ3) is 4.49. The van der Waals surface area contributed by atoms with Crippen LogP contribution >= 0.6 is 15.9 Å². The van der Waals surface area contributed by atoms with Crippen LogP contribution in [-0.4, -0.2) is 11.8 Å².